The van der Waals surface area contributed by atoms with Crippen LogP contribution in [-0.4, -0.2) is 32.9 Å². The second-order valence-corrected chi connectivity index (χ2v) is 5.68. The summed E-state index contributed by atoms with van der Waals surface area (Å²) < 4.78 is 5.48. The van der Waals surface area contributed by atoms with Crippen molar-refractivity contribution < 1.29 is 14.6 Å². The third-order valence-corrected chi connectivity index (χ3v) is 3.66. The molecule has 1 aromatic heterocycles. The third-order valence-electron chi connectivity index (χ3n) is 2.55. The van der Waals surface area contributed by atoms with Crippen LogP contribution >= 0.6 is 23.4 Å². The summed E-state index contributed by atoms with van der Waals surface area (Å²) in [5.74, 6) is 0.109. The Morgan fingerprint density at radius 1 is 1.55 bits per heavy atom. The Morgan fingerprint density at radius 2 is 2.32 bits per heavy atom. The Labute approximate surface area is 136 Å². The van der Waals surface area contributed by atoms with Gasteiger partial charge in [-0.05, 0) is 49.9 Å². The first-order valence-corrected chi connectivity index (χ1v) is 7.63. The molecule has 22 heavy (non-hydrogen) atoms. The summed E-state index contributed by atoms with van der Waals surface area (Å²) in [6, 6.07) is 5.05. The fraction of sp³-hybridized carbons (Fsp3) is 0.214. The number of aromatic nitrogens is 3. The first-order chi connectivity index (χ1) is 10.5. The van der Waals surface area contributed by atoms with Gasteiger partial charge in [0.1, 0.15) is 16.5 Å². The van der Waals surface area contributed by atoms with E-state index in [0.29, 0.717) is 33.9 Å². The number of aryl methyl sites for hydroxylation is 1. The Morgan fingerprint density at radius 3 is 2.91 bits per heavy atom. The number of carboxylic acids is 1. The molecule has 6 nitrogen and oxygen atoms in total. The highest BCUT2D eigenvalue weighted by molar-refractivity contribution is 8.04. The summed E-state index contributed by atoms with van der Waals surface area (Å²) in [6.07, 6.45) is 1.50. The largest absolute Gasteiger partial charge is 0.493 e. The molecule has 0 aliphatic rings. The maximum Gasteiger partial charge on any atom is 0.342 e. The molecular formula is C14H14ClN3O3S. The van der Waals surface area contributed by atoms with E-state index in [1.54, 1.807) is 25.1 Å². The van der Waals surface area contributed by atoms with Gasteiger partial charge in [0.2, 0.25) is 5.16 Å². The van der Waals surface area contributed by atoms with Crippen molar-refractivity contribution in [2.24, 2.45) is 0 Å². The van der Waals surface area contributed by atoms with E-state index in [1.165, 1.54) is 6.08 Å². The summed E-state index contributed by atoms with van der Waals surface area (Å²) >= 11 is 6.93. The van der Waals surface area contributed by atoms with Crippen LogP contribution in [0.1, 0.15) is 18.3 Å². The Hall–Kier alpha value is -1.99. The van der Waals surface area contributed by atoms with Gasteiger partial charge in [0.05, 0.1) is 6.61 Å². The molecule has 2 rings (SSSR count). The van der Waals surface area contributed by atoms with Crippen molar-refractivity contribution in [3.8, 4) is 5.75 Å². The number of halogens is 1. The molecule has 0 atom stereocenters. The molecule has 0 unspecified atom stereocenters. The van der Waals surface area contributed by atoms with Crippen molar-refractivity contribution >= 4 is 35.4 Å². The number of hydrogen-bond donors (Lipinski definition) is 2. The smallest absolute Gasteiger partial charge is 0.342 e. The molecule has 0 saturated carbocycles. The van der Waals surface area contributed by atoms with Crippen molar-refractivity contribution in [2.45, 2.75) is 19.0 Å². The Bertz CT molecular complexity index is 715. The van der Waals surface area contributed by atoms with E-state index >= 15 is 0 Å². The topological polar surface area (TPSA) is 88.1 Å². The molecule has 0 amide bonds. The number of thioether (sulfide) groups is 1. The summed E-state index contributed by atoms with van der Waals surface area (Å²) in [4.78, 5) is 15.6. The van der Waals surface area contributed by atoms with Crippen LogP contribution in [0.5, 0.6) is 5.75 Å². The summed E-state index contributed by atoms with van der Waals surface area (Å²) in [5.41, 5.74) is 0.589. The number of rotatable bonds is 6. The number of aromatic amines is 1. The minimum atomic E-state index is -1.07. The third kappa shape index (κ3) is 4.25. The fourth-order valence-electron chi connectivity index (χ4n) is 1.66. The lowest BCUT2D eigenvalue weighted by molar-refractivity contribution is -0.131. The van der Waals surface area contributed by atoms with Gasteiger partial charge in [0, 0.05) is 10.6 Å². The number of ether oxygens (including phenoxy) is 1. The van der Waals surface area contributed by atoms with Gasteiger partial charge in [-0.2, -0.15) is 0 Å². The van der Waals surface area contributed by atoms with Crippen molar-refractivity contribution in [1.82, 2.24) is 15.2 Å². The first-order valence-electron chi connectivity index (χ1n) is 6.43. The second-order valence-electron chi connectivity index (χ2n) is 4.23. The van der Waals surface area contributed by atoms with Gasteiger partial charge in [-0.15, -0.1) is 5.10 Å². The van der Waals surface area contributed by atoms with Crippen molar-refractivity contribution in [3.05, 3.63) is 39.5 Å². The van der Waals surface area contributed by atoms with Crippen LogP contribution < -0.4 is 4.74 Å². The standard InChI is InChI=1S/C14H14ClN3O3S/c1-3-21-11-5-4-10(15)6-9(11)7-12(13(19)20)22-14-16-8(2)17-18-14/h4-7H,3H2,1-2H3,(H,19,20)(H,16,17,18)/b12-7-. The Balaban J connectivity index is 2.37. The van der Waals surface area contributed by atoms with Crippen LogP contribution in [-0.2, 0) is 4.79 Å². The minimum Gasteiger partial charge on any atom is -0.493 e. The zero-order chi connectivity index (χ0) is 16.1. The highest BCUT2D eigenvalue weighted by atomic mass is 35.5. The van der Waals surface area contributed by atoms with Gasteiger partial charge in [-0.25, -0.2) is 9.78 Å². The highest BCUT2D eigenvalue weighted by Gasteiger charge is 2.14. The van der Waals surface area contributed by atoms with E-state index in [9.17, 15) is 9.90 Å². The van der Waals surface area contributed by atoms with E-state index in [1.807, 2.05) is 6.92 Å². The fourth-order valence-corrected chi connectivity index (χ4v) is 2.59. The van der Waals surface area contributed by atoms with Gasteiger partial charge < -0.3 is 9.84 Å². The Kier molecular flexibility index (Phi) is 5.46. The molecule has 8 heteroatoms. The molecule has 0 spiro atoms. The lowest BCUT2D eigenvalue weighted by atomic mass is 10.2. The maximum absolute atomic E-state index is 11.4. The average molecular weight is 340 g/mol. The number of H-pyrrole nitrogens is 1. The average Bonchev–Trinajstić information content (AvgIpc) is 2.86. The molecule has 1 aromatic carbocycles. The van der Waals surface area contributed by atoms with E-state index in [-0.39, 0.29) is 4.91 Å². The maximum atomic E-state index is 11.4. The van der Waals surface area contributed by atoms with Gasteiger partial charge in [-0.3, -0.25) is 5.10 Å². The SMILES string of the molecule is CCOc1ccc(Cl)cc1/C=C(\Sc1n[nH]c(C)n1)C(=O)O. The summed E-state index contributed by atoms with van der Waals surface area (Å²) in [5, 5.41) is 16.8. The van der Waals surface area contributed by atoms with Gasteiger partial charge in [0.15, 0.2) is 0 Å². The van der Waals surface area contributed by atoms with Crippen LogP contribution in [0.25, 0.3) is 6.08 Å². The molecule has 2 aromatic rings. The summed E-state index contributed by atoms with van der Waals surface area (Å²) in [6.45, 7) is 4.06. The predicted molar refractivity (Wildman–Crippen MR) is 85.2 cm³/mol. The van der Waals surface area contributed by atoms with Crippen LogP contribution in [0.15, 0.2) is 28.3 Å². The molecule has 0 radical (unpaired) electrons. The molecule has 1 heterocycles. The van der Waals surface area contributed by atoms with Crippen LogP contribution in [0.4, 0.5) is 0 Å². The van der Waals surface area contributed by atoms with E-state index in [0.717, 1.165) is 11.8 Å². The number of aliphatic carboxylic acids is 1. The number of carbonyl (C=O) groups is 1. The van der Waals surface area contributed by atoms with Crippen molar-refractivity contribution in [2.75, 3.05) is 6.61 Å². The predicted octanol–water partition coefficient (Wildman–Crippen LogP) is 3.38. The van der Waals surface area contributed by atoms with Gasteiger partial charge >= 0.3 is 5.97 Å². The number of nitrogens with zero attached hydrogens (tertiary/aromatic N) is 2. The number of nitrogens with one attached hydrogen (secondary N) is 1. The van der Waals surface area contributed by atoms with Crippen LogP contribution in [0.2, 0.25) is 5.02 Å². The molecule has 0 aliphatic heterocycles. The van der Waals surface area contributed by atoms with E-state index in [2.05, 4.69) is 15.2 Å². The molecule has 116 valence electrons. The molecular weight excluding hydrogens is 326 g/mol. The molecule has 0 fully saturated rings. The van der Waals surface area contributed by atoms with Gasteiger partial charge in [-0.1, -0.05) is 11.6 Å². The van der Waals surface area contributed by atoms with Gasteiger partial charge in [0.25, 0.3) is 0 Å². The minimum absolute atomic E-state index is 0.0715. The molecule has 0 aliphatic carbocycles. The number of benzene rings is 1. The lowest BCUT2D eigenvalue weighted by Gasteiger charge is -2.08. The quantitative estimate of drug-likeness (QED) is 0.619. The van der Waals surface area contributed by atoms with E-state index < -0.39 is 5.97 Å². The highest BCUT2D eigenvalue weighted by Crippen LogP contribution is 2.30. The zero-order valence-electron chi connectivity index (χ0n) is 12.0. The van der Waals surface area contributed by atoms with E-state index in [4.69, 9.17) is 16.3 Å². The first kappa shape index (κ1) is 16.4. The summed E-state index contributed by atoms with van der Waals surface area (Å²) in [7, 11) is 0. The van der Waals surface area contributed by atoms with Crippen molar-refractivity contribution in [1.29, 1.82) is 0 Å². The molecule has 0 saturated heterocycles. The second kappa shape index (κ2) is 7.33. The lowest BCUT2D eigenvalue weighted by Crippen LogP contribution is -1.99. The normalized spacial score (nSPS) is 11.5. The number of carboxylic acid groups (broad SMARTS) is 1. The zero-order valence-corrected chi connectivity index (χ0v) is 13.5. The van der Waals surface area contributed by atoms with Crippen LogP contribution in [0, 0.1) is 6.92 Å². The van der Waals surface area contributed by atoms with Crippen LogP contribution in [0.3, 0.4) is 0 Å². The number of hydrogen-bond acceptors (Lipinski definition) is 5. The molecule has 0 bridgehead atoms. The van der Waals surface area contributed by atoms with Crippen molar-refractivity contribution in [3.63, 3.8) is 0 Å². The monoisotopic (exact) mass is 339 g/mol. The molecule has 2 N–H and O–H groups in total.